The number of alkyl halides is 2. The van der Waals surface area contributed by atoms with E-state index in [9.17, 15) is 8.78 Å². The Bertz CT molecular complexity index is 284. The fraction of sp³-hybridized carbons (Fsp3) is 1.00. The minimum Gasteiger partial charge on any atom is -0.305 e. The van der Waals surface area contributed by atoms with E-state index in [0.29, 0.717) is 25.6 Å². The average molecular weight is 260 g/mol. The fourth-order valence-electron chi connectivity index (χ4n) is 3.48. The minimum absolute atomic E-state index is 0.00546. The Morgan fingerprint density at radius 3 is 2.06 bits per heavy atom. The molecule has 0 radical (unpaired) electrons. The molecule has 0 bridgehead atoms. The summed E-state index contributed by atoms with van der Waals surface area (Å²) in [6, 6.07) is 0.459. The lowest BCUT2D eigenvalue weighted by molar-refractivity contribution is -0.226. The molecule has 0 unspecified atom stereocenters. The summed E-state index contributed by atoms with van der Waals surface area (Å²) in [7, 11) is 1.93. The van der Waals surface area contributed by atoms with Gasteiger partial charge in [-0.1, -0.05) is 20.3 Å². The number of likely N-dealkylation sites (tertiary alicyclic amines) is 2. The van der Waals surface area contributed by atoms with Crippen molar-refractivity contribution in [1.82, 2.24) is 9.80 Å². The Kier molecular flexibility index (Phi) is 3.98. The number of hydrogen-bond donors (Lipinski definition) is 0. The van der Waals surface area contributed by atoms with Crippen molar-refractivity contribution in [3.8, 4) is 0 Å². The highest BCUT2D eigenvalue weighted by Gasteiger charge is 2.62. The lowest BCUT2D eigenvalue weighted by Gasteiger charge is -2.58. The number of hydrogen-bond acceptors (Lipinski definition) is 2. The molecule has 3 aliphatic rings. The Morgan fingerprint density at radius 1 is 1.06 bits per heavy atom. The maximum absolute atomic E-state index is 14.2. The predicted octanol–water partition coefficient (Wildman–Crippen LogP) is 2.84. The van der Waals surface area contributed by atoms with Crippen molar-refractivity contribution in [2.45, 2.75) is 51.5 Å². The molecule has 2 aliphatic heterocycles. The van der Waals surface area contributed by atoms with Crippen molar-refractivity contribution in [2.24, 2.45) is 5.41 Å². The van der Waals surface area contributed by atoms with Crippen LogP contribution in [0.3, 0.4) is 0 Å². The van der Waals surface area contributed by atoms with Gasteiger partial charge in [0.05, 0.1) is 12.0 Å². The van der Waals surface area contributed by atoms with E-state index >= 15 is 0 Å². The first-order valence-corrected chi connectivity index (χ1v) is 7.33. The van der Waals surface area contributed by atoms with Crippen LogP contribution in [0.4, 0.5) is 8.78 Å². The summed E-state index contributed by atoms with van der Waals surface area (Å²) in [6.45, 7) is 6.05. The number of halogens is 2. The van der Waals surface area contributed by atoms with Crippen molar-refractivity contribution in [2.75, 3.05) is 33.2 Å². The topological polar surface area (TPSA) is 6.48 Å². The second-order valence-corrected chi connectivity index (χ2v) is 5.96. The Balaban J connectivity index is 0.000000574. The van der Waals surface area contributed by atoms with Crippen molar-refractivity contribution in [1.29, 1.82) is 0 Å². The van der Waals surface area contributed by atoms with Crippen molar-refractivity contribution in [3.05, 3.63) is 0 Å². The van der Waals surface area contributed by atoms with Crippen LogP contribution in [0.15, 0.2) is 0 Å². The maximum Gasteiger partial charge on any atom is 0.268 e. The van der Waals surface area contributed by atoms with Gasteiger partial charge >= 0.3 is 0 Å². The normalized spacial score (nSPS) is 31.2. The zero-order chi connectivity index (χ0) is 13.4. The molecule has 3 rings (SSSR count). The second kappa shape index (κ2) is 5.04. The fourth-order valence-corrected chi connectivity index (χ4v) is 3.48. The molecule has 0 aromatic rings. The van der Waals surface area contributed by atoms with Crippen molar-refractivity contribution < 1.29 is 8.78 Å². The van der Waals surface area contributed by atoms with Crippen LogP contribution in [0.25, 0.3) is 0 Å². The summed E-state index contributed by atoms with van der Waals surface area (Å²) < 4.78 is 28.4. The highest BCUT2D eigenvalue weighted by atomic mass is 19.3. The van der Waals surface area contributed by atoms with Gasteiger partial charge in [0.2, 0.25) is 0 Å². The Labute approximate surface area is 109 Å². The largest absolute Gasteiger partial charge is 0.305 e. The van der Waals surface area contributed by atoms with Gasteiger partial charge in [0.1, 0.15) is 0 Å². The molecular formula is C14H26F2N2. The van der Waals surface area contributed by atoms with E-state index in [1.165, 1.54) is 6.42 Å². The quantitative estimate of drug-likeness (QED) is 0.715. The van der Waals surface area contributed by atoms with Gasteiger partial charge in [-0.2, -0.15) is 0 Å². The smallest absolute Gasteiger partial charge is 0.268 e. The molecule has 0 N–H and O–H groups in total. The first-order valence-electron chi connectivity index (χ1n) is 7.33. The van der Waals surface area contributed by atoms with Crippen molar-refractivity contribution in [3.63, 3.8) is 0 Å². The molecule has 2 saturated heterocycles. The highest BCUT2D eigenvalue weighted by Crippen LogP contribution is 2.50. The highest BCUT2D eigenvalue weighted by molar-refractivity contribution is 5.08. The number of piperidine rings is 1. The molecule has 1 saturated carbocycles. The summed E-state index contributed by atoms with van der Waals surface area (Å²) in [5.74, 6) is -2.48. The molecular weight excluding hydrogens is 234 g/mol. The standard InChI is InChI=1S/C12H20F2N2.C2H6/c1-15-7-11(8-15)5-6-16(9-12(11,13)14)10-3-2-4-10;1-2/h10H,2-9H2,1H3;1-2H3. The zero-order valence-electron chi connectivity index (χ0n) is 11.9. The van der Waals surface area contributed by atoms with E-state index in [1.54, 1.807) is 0 Å². The van der Waals surface area contributed by atoms with E-state index in [2.05, 4.69) is 0 Å². The molecule has 0 aromatic heterocycles. The summed E-state index contributed by atoms with van der Waals surface area (Å²) >= 11 is 0. The van der Waals surface area contributed by atoms with Crippen LogP contribution < -0.4 is 0 Å². The zero-order valence-corrected chi connectivity index (χ0v) is 11.9. The molecule has 3 fully saturated rings. The second-order valence-electron chi connectivity index (χ2n) is 5.96. The number of rotatable bonds is 1. The summed E-state index contributed by atoms with van der Waals surface area (Å²) in [4.78, 5) is 4.04. The molecule has 1 aliphatic carbocycles. The first-order chi connectivity index (χ1) is 8.52. The van der Waals surface area contributed by atoms with Gasteiger partial charge in [-0.3, -0.25) is 4.90 Å². The molecule has 0 amide bonds. The van der Waals surface area contributed by atoms with Crippen LogP contribution >= 0.6 is 0 Å². The molecule has 0 aromatic carbocycles. The molecule has 18 heavy (non-hydrogen) atoms. The van der Waals surface area contributed by atoms with E-state index in [-0.39, 0.29) is 6.54 Å². The van der Waals surface area contributed by atoms with Gasteiger partial charge in [0.25, 0.3) is 5.92 Å². The average Bonchev–Trinajstić information content (AvgIpc) is 2.20. The molecule has 0 atom stereocenters. The van der Waals surface area contributed by atoms with Crippen LogP contribution in [-0.2, 0) is 0 Å². The monoisotopic (exact) mass is 260 g/mol. The van der Waals surface area contributed by atoms with Crippen LogP contribution in [0, 0.1) is 5.41 Å². The van der Waals surface area contributed by atoms with Crippen LogP contribution in [0.5, 0.6) is 0 Å². The predicted molar refractivity (Wildman–Crippen MR) is 70.1 cm³/mol. The molecule has 2 nitrogen and oxygen atoms in total. The van der Waals surface area contributed by atoms with Gasteiger partial charge in [-0.05, 0) is 32.9 Å². The summed E-state index contributed by atoms with van der Waals surface area (Å²) in [6.07, 6.45) is 4.16. The van der Waals surface area contributed by atoms with Gasteiger partial charge in [-0.15, -0.1) is 0 Å². The Morgan fingerprint density at radius 2 is 1.67 bits per heavy atom. The van der Waals surface area contributed by atoms with Gasteiger partial charge in [-0.25, -0.2) is 8.78 Å². The summed E-state index contributed by atoms with van der Waals surface area (Å²) in [5.41, 5.74) is -0.692. The third kappa shape index (κ3) is 2.18. The minimum atomic E-state index is -2.48. The number of nitrogens with zero attached hydrogens (tertiary/aromatic N) is 2. The molecule has 106 valence electrons. The van der Waals surface area contributed by atoms with E-state index in [1.807, 2.05) is 30.7 Å². The van der Waals surface area contributed by atoms with Crippen LogP contribution in [-0.4, -0.2) is 55.0 Å². The maximum atomic E-state index is 14.2. The lowest BCUT2D eigenvalue weighted by atomic mass is 9.68. The van der Waals surface area contributed by atoms with Crippen LogP contribution in [0.1, 0.15) is 39.5 Å². The molecule has 1 spiro atoms. The lowest BCUT2D eigenvalue weighted by Crippen LogP contribution is -2.70. The van der Waals surface area contributed by atoms with Gasteiger partial charge < -0.3 is 4.90 Å². The SMILES string of the molecule is CC.CN1CC2(CCN(C3CCC3)CC2(F)F)C1. The third-order valence-corrected chi connectivity index (χ3v) is 4.79. The third-order valence-electron chi connectivity index (χ3n) is 4.79. The van der Waals surface area contributed by atoms with Gasteiger partial charge in [0, 0.05) is 19.1 Å². The molecule has 4 heteroatoms. The van der Waals surface area contributed by atoms with E-state index < -0.39 is 11.3 Å². The summed E-state index contributed by atoms with van der Waals surface area (Å²) in [5, 5.41) is 0. The van der Waals surface area contributed by atoms with Crippen molar-refractivity contribution >= 4 is 0 Å². The first kappa shape index (κ1) is 14.2. The Hall–Kier alpha value is -0.220. The molecule has 2 heterocycles. The van der Waals surface area contributed by atoms with E-state index in [4.69, 9.17) is 0 Å². The van der Waals surface area contributed by atoms with Crippen LogP contribution in [0.2, 0.25) is 0 Å². The van der Waals surface area contributed by atoms with Gasteiger partial charge in [0.15, 0.2) is 0 Å². The van der Waals surface area contributed by atoms with E-state index in [0.717, 1.165) is 19.4 Å².